The molecule has 0 bridgehead atoms. The third-order valence-electron chi connectivity index (χ3n) is 2.63. The molecule has 0 saturated heterocycles. The number of nitrogens with two attached hydrogens (primary N) is 2. The van der Waals surface area contributed by atoms with Gasteiger partial charge in [0.05, 0.1) is 6.54 Å². The predicted molar refractivity (Wildman–Crippen MR) is 66.2 cm³/mol. The molecule has 0 radical (unpaired) electrons. The van der Waals surface area contributed by atoms with Crippen molar-refractivity contribution in [3.8, 4) is 0 Å². The highest BCUT2D eigenvalue weighted by molar-refractivity contribution is 5.87. The number of carbonyl (C=O) groups excluding carboxylic acids is 2. The molecule has 1 aromatic rings. The van der Waals surface area contributed by atoms with Gasteiger partial charge in [-0.2, -0.15) is 0 Å². The SMILES string of the molecule is CC(N)(C(=O)NCC(O)C(N)=O)c1ccccc1. The molecule has 98 valence electrons. The van der Waals surface area contributed by atoms with Gasteiger partial charge in [0.15, 0.2) is 0 Å². The van der Waals surface area contributed by atoms with Crippen LogP contribution in [0.15, 0.2) is 30.3 Å². The lowest BCUT2D eigenvalue weighted by molar-refractivity contribution is -0.129. The molecular weight excluding hydrogens is 234 g/mol. The first-order chi connectivity index (χ1) is 8.35. The van der Waals surface area contributed by atoms with Crippen LogP contribution in [0.4, 0.5) is 0 Å². The highest BCUT2D eigenvalue weighted by Gasteiger charge is 2.30. The first kappa shape index (κ1) is 14.1. The molecule has 18 heavy (non-hydrogen) atoms. The van der Waals surface area contributed by atoms with Crippen LogP contribution in [0.25, 0.3) is 0 Å². The molecule has 0 fully saturated rings. The topological polar surface area (TPSA) is 118 Å². The molecule has 0 aliphatic carbocycles. The van der Waals surface area contributed by atoms with E-state index in [1.54, 1.807) is 31.2 Å². The van der Waals surface area contributed by atoms with Crippen molar-refractivity contribution in [2.24, 2.45) is 11.5 Å². The van der Waals surface area contributed by atoms with E-state index in [0.717, 1.165) is 0 Å². The van der Waals surface area contributed by atoms with Crippen LogP contribution in [0.3, 0.4) is 0 Å². The summed E-state index contributed by atoms with van der Waals surface area (Å²) >= 11 is 0. The van der Waals surface area contributed by atoms with Crippen molar-refractivity contribution in [1.82, 2.24) is 5.32 Å². The summed E-state index contributed by atoms with van der Waals surface area (Å²) in [6.45, 7) is 1.29. The van der Waals surface area contributed by atoms with Gasteiger partial charge < -0.3 is 21.9 Å². The molecule has 6 N–H and O–H groups in total. The fourth-order valence-corrected chi connectivity index (χ4v) is 1.39. The number of rotatable bonds is 5. The van der Waals surface area contributed by atoms with Gasteiger partial charge in [-0.3, -0.25) is 9.59 Å². The smallest absolute Gasteiger partial charge is 0.248 e. The Bertz CT molecular complexity index is 431. The number of hydrogen-bond acceptors (Lipinski definition) is 4. The molecule has 2 unspecified atom stereocenters. The lowest BCUT2D eigenvalue weighted by Gasteiger charge is -2.24. The van der Waals surface area contributed by atoms with Crippen LogP contribution < -0.4 is 16.8 Å². The maximum Gasteiger partial charge on any atom is 0.248 e. The fourth-order valence-electron chi connectivity index (χ4n) is 1.39. The van der Waals surface area contributed by atoms with Crippen LogP contribution in [0.5, 0.6) is 0 Å². The summed E-state index contributed by atoms with van der Waals surface area (Å²) in [5.41, 5.74) is 10.2. The summed E-state index contributed by atoms with van der Waals surface area (Å²) < 4.78 is 0. The van der Waals surface area contributed by atoms with E-state index in [9.17, 15) is 14.7 Å². The maximum atomic E-state index is 11.9. The molecule has 0 aliphatic heterocycles. The number of primary amides is 1. The molecule has 2 amide bonds. The van der Waals surface area contributed by atoms with E-state index in [-0.39, 0.29) is 6.54 Å². The molecule has 2 atom stereocenters. The van der Waals surface area contributed by atoms with Gasteiger partial charge >= 0.3 is 0 Å². The minimum atomic E-state index is -1.42. The van der Waals surface area contributed by atoms with E-state index in [1.165, 1.54) is 0 Å². The second kappa shape index (κ2) is 5.61. The van der Waals surface area contributed by atoms with Gasteiger partial charge in [0.2, 0.25) is 11.8 Å². The van der Waals surface area contributed by atoms with Gasteiger partial charge in [-0.05, 0) is 12.5 Å². The van der Waals surface area contributed by atoms with Crippen molar-refractivity contribution in [2.75, 3.05) is 6.54 Å². The minimum absolute atomic E-state index is 0.256. The van der Waals surface area contributed by atoms with Crippen molar-refractivity contribution in [1.29, 1.82) is 0 Å². The summed E-state index contributed by atoms with van der Waals surface area (Å²) in [4.78, 5) is 22.5. The molecule has 0 heterocycles. The second-order valence-corrected chi connectivity index (χ2v) is 4.20. The molecule has 0 aromatic heterocycles. The molecule has 0 aliphatic rings. The van der Waals surface area contributed by atoms with Gasteiger partial charge in [-0.25, -0.2) is 0 Å². The highest BCUT2D eigenvalue weighted by Crippen LogP contribution is 2.17. The Labute approximate surface area is 105 Å². The summed E-state index contributed by atoms with van der Waals surface area (Å²) in [6.07, 6.45) is -1.42. The summed E-state index contributed by atoms with van der Waals surface area (Å²) in [5.74, 6) is -1.39. The fraction of sp³-hybridized carbons (Fsp3) is 0.333. The Morgan fingerprint density at radius 2 is 1.94 bits per heavy atom. The van der Waals surface area contributed by atoms with Gasteiger partial charge in [0.25, 0.3) is 0 Å². The van der Waals surface area contributed by atoms with E-state index < -0.39 is 23.5 Å². The number of hydrogen-bond donors (Lipinski definition) is 4. The van der Waals surface area contributed by atoms with Crippen LogP contribution in [0.2, 0.25) is 0 Å². The van der Waals surface area contributed by atoms with Crippen molar-refractivity contribution < 1.29 is 14.7 Å². The zero-order valence-corrected chi connectivity index (χ0v) is 10.1. The Morgan fingerprint density at radius 3 is 2.44 bits per heavy atom. The standard InChI is InChI=1S/C12H17N3O3/c1-12(14,8-5-3-2-4-6-8)11(18)15-7-9(16)10(13)17/h2-6,9,16H,7,14H2,1H3,(H2,13,17)(H,15,18). The third kappa shape index (κ3) is 3.28. The monoisotopic (exact) mass is 251 g/mol. The van der Waals surface area contributed by atoms with Crippen molar-refractivity contribution >= 4 is 11.8 Å². The van der Waals surface area contributed by atoms with Crippen molar-refractivity contribution in [2.45, 2.75) is 18.6 Å². The van der Waals surface area contributed by atoms with Gasteiger partial charge in [0, 0.05) is 0 Å². The first-order valence-electron chi connectivity index (χ1n) is 5.45. The molecule has 6 nitrogen and oxygen atoms in total. The van der Waals surface area contributed by atoms with Crippen LogP contribution >= 0.6 is 0 Å². The molecular formula is C12H17N3O3. The Balaban J connectivity index is 2.69. The summed E-state index contributed by atoms with van der Waals surface area (Å²) in [6, 6.07) is 8.81. The zero-order valence-electron chi connectivity index (χ0n) is 10.1. The van der Waals surface area contributed by atoms with Gasteiger partial charge in [-0.1, -0.05) is 30.3 Å². The third-order valence-corrected chi connectivity index (χ3v) is 2.63. The second-order valence-electron chi connectivity index (χ2n) is 4.20. The predicted octanol–water partition coefficient (Wildman–Crippen LogP) is -1.18. The largest absolute Gasteiger partial charge is 0.381 e. The van der Waals surface area contributed by atoms with Crippen LogP contribution in [0.1, 0.15) is 12.5 Å². The number of aliphatic hydroxyl groups excluding tert-OH is 1. The normalized spacial score (nSPS) is 15.5. The number of amides is 2. The van der Waals surface area contributed by atoms with E-state index in [0.29, 0.717) is 5.56 Å². The van der Waals surface area contributed by atoms with Gasteiger partial charge in [-0.15, -0.1) is 0 Å². The van der Waals surface area contributed by atoms with Crippen LogP contribution in [-0.4, -0.2) is 29.6 Å². The van der Waals surface area contributed by atoms with Crippen molar-refractivity contribution in [3.05, 3.63) is 35.9 Å². The maximum absolute atomic E-state index is 11.9. The average Bonchev–Trinajstić information content (AvgIpc) is 2.36. The number of carbonyl (C=O) groups is 2. The Morgan fingerprint density at radius 1 is 1.39 bits per heavy atom. The lowest BCUT2D eigenvalue weighted by atomic mass is 9.92. The molecule has 0 spiro atoms. The molecule has 0 saturated carbocycles. The lowest BCUT2D eigenvalue weighted by Crippen LogP contribution is -2.51. The number of benzene rings is 1. The van der Waals surface area contributed by atoms with E-state index in [4.69, 9.17) is 11.5 Å². The zero-order chi connectivity index (χ0) is 13.8. The molecule has 1 rings (SSSR count). The Kier molecular flexibility index (Phi) is 4.41. The number of nitrogens with one attached hydrogen (secondary N) is 1. The average molecular weight is 251 g/mol. The molecule has 1 aromatic carbocycles. The molecule has 6 heteroatoms. The Hall–Kier alpha value is -1.92. The summed E-state index contributed by atoms with van der Waals surface area (Å²) in [7, 11) is 0. The van der Waals surface area contributed by atoms with E-state index in [2.05, 4.69) is 5.32 Å². The van der Waals surface area contributed by atoms with Crippen LogP contribution in [-0.2, 0) is 15.1 Å². The first-order valence-corrected chi connectivity index (χ1v) is 5.45. The van der Waals surface area contributed by atoms with Crippen molar-refractivity contribution in [3.63, 3.8) is 0 Å². The quantitative estimate of drug-likeness (QED) is 0.527. The van der Waals surface area contributed by atoms with E-state index >= 15 is 0 Å². The summed E-state index contributed by atoms with van der Waals surface area (Å²) in [5, 5.41) is 11.6. The van der Waals surface area contributed by atoms with Crippen LogP contribution in [0, 0.1) is 0 Å². The van der Waals surface area contributed by atoms with Gasteiger partial charge in [0.1, 0.15) is 11.6 Å². The minimum Gasteiger partial charge on any atom is -0.381 e. The number of aliphatic hydroxyl groups is 1. The van der Waals surface area contributed by atoms with E-state index in [1.807, 2.05) is 6.07 Å². The highest BCUT2D eigenvalue weighted by atomic mass is 16.3.